The van der Waals surface area contributed by atoms with E-state index in [1.165, 1.54) is 11.8 Å². The average molecular weight is 301 g/mol. The largest absolute Gasteiger partial charge is 0.312 e. The lowest BCUT2D eigenvalue weighted by atomic mass is 10.0. The highest BCUT2D eigenvalue weighted by atomic mass is 32.2. The molecule has 0 aliphatic heterocycles. The Morgan fingerprint density at radius 3 is 2.37 bits per heavy atom. The Hall–Kier alpha value is -0.520. The van der Waals surface area contributed by atoms with Crippen LogP contribution in [0.15, 0.2) is 30.3 Å². The van der Waals surface area contributed by atoms with E-state index in [4.69, 9.17) is 0 Å². The van der Waals surface area contributed by atoms with E-state index >= 15 is 0 Å². The number of nitrogens with one attached hydrogen (secondary N) is 1. The quantitative estimate of drug-likeness (QED) is 0.801. The normalized spacial score (nSPS) is 15.1. The van der Waals surface area contributed by atoms with Gasteiger partial charge in [-0.05, 0) is 19.0 Å². The number of rotatable bonds is 8. The van der Waals surface area contributed by atoms with Crippen molar-refractivity contribution in [3.63, 3.8) is 0 Å². The molecule has 2 unspecified atom stereocenters. The van der Waals surface area contributed by atoms with Gasteiger partial charge in [0.25, 0.3) is 0 Å². The van der Waals surface area contributed by atoms with Crippen molar-refractivity contribution in [1.29, 1.82) is 0 Å². The molecule has 1 rings (SSSR count). The summed E-state index contributed by atoms with van der Waals surface area (Å²) in [7, 11) is -0.911. The van der Waals surface area contributed by atoms with Crippen molar-refractivity contribution in [3.05, 3.63) is 35.9 Å². The van der Waals surface area contributed by atoms with Crippen molar-refractivity contribution in [2.45, 2.75) is 24.6 Å². The van der Waals surface area contributed by atoms with Gasteiger partial charge in [0.05, 0.1) is 5.75 Å². The minimum absolute atomic E-state index is 0.249. The maximum atomic E-state index is 11.2. The van der Waals surface area contributed by atoms with Gasteiger partial charge >= 0.3 is 0 Å². The molecule has 0 aliphatic carbocycles. The van der Waals surface area contributed by atoms with Gasteiger partial charge in [0.1, 0.15) is 9.84 Å². The van der Waals surface area contributed by atoms with Crippen molar-refractivity contribution in [1.82, 2.24) is 5.32 Å². The molecule has 0 bridgehead atoms. The lowest BCUT2D eigenvalue weighted by Gasteiger charge is -2.26. The van der Waals surface area contributed by atoms with Crippen LogP contribution in [0.2, 0.25) is 0 Å². The molecule has 0 aromatic heterocycles. The number of hydrogen-bond acceptors (Lipinski definition) is 4. The molecule has 5 heteroatoms. The van der Waals surface area contributed by atoms with Gasteiger partial charge < -0.3 is 5.32 Å². The smallest absolute Gasteiger partial charge is 0.148 e. The Morgan fingerprint density at radius 1 is 1.26 bits per heavy atom. The Balaban J connectivity index is 2.66. The molecule has 1 aromatic rings. The number of hydrogen-bond donors (Lipinski definition) is 1. The molecule has 1 N–H and O–H groups in total. The summed E-state index contributed by atoms with van der Waals surface area (Å²) in [5.74, 6) is 0.905. The zero-order valence-electron chi connectivity index (χ0n) is 11.8. The topological polar surface area (TPSA) is 46.2 Å². The van der Waals surface area contributed by atoms with Crippen LogP contribution in [0.4, 0.5) is 0 Å². The number of sulfone groups is 1. The first-order valence-corrected chi connectivity index (χ1v) is 9.60. The van der Waals surface area contributed by atoms with E-state index in [-0.39, 0.29) is 11.8 Å². The van der Waals surface area contributed by atoms with Crippen LogP contribution in [0.3, 0.4) is 0 Å². The van der Waals surface area contributed by atoms with Gasteiger partial charge in [-0.2, -0.15) is 11.8 Å². The number of thioether (sulfide) groups is 1. The van der Waals surface area contributed by atoms with E-state index in [0.29, 0.717) is 11.0 Å². The molecule has 19 heavy (non-hydrogen) atoms. The zero-order chi connectivity index (χ0) is 14.3. The Morgan fingerprint density at radius 2 is 1.89 bits per heavy atom. The molecule has 0 aliphatic rings. The predicted octanol–water partition coefficient (Wildman–Crippen LogP) is 2.50. The predicted molar refractivity (Wildman–Crippen MR) is 84.5 cm³/mol. The van der Waals surface area contributed by atoms with Crippen LogP contribution in [0.5, 0.6) is 0 Å². The summed E-state index contributed by atoms with van der Waals surface area (Å²) in [6.45, 7) is 2.14. The molecule has 0 radical (unpaired) electrons. The van der Waals surface area contributed by atoms with Gasteiger partial charge in [-0.3, -0.25) is 0 Å². The minimum Gasteiger partial charge on any atom is -0.312 e. The lowest BCUT2D eigenvalue weighted by molar-refractivity contribution is 0.556. The van der Waals surface area contributed by atoms with Crippen molar-refractivity contribution in [2.75, 3.05) is 24.8 Å². The molecule has 0 amide bonds. The molecular formula is C14H23NO2S2. The van der Waals surface area contributed by atoms with Crippen molar-refractivity contribution in [2.24, 2.45) is 0 Å². The van der Waals surface area contributed by atoms with Crippen LogP contribution >= 0.6 is 11.8 Å². The molecule has 2 atom stereocenters. The van der Waals surface area contributed by atoms with E-state index in [1.54, 1.807) is 11.8 Å². The second kappa shape index (κ2) is 7.92. The SMILES string of the molecule is CCC(SCCS(C)(=O)=O)C(NC)c1ccccc1. The van der Waals surface area contributed by atoms with E-state index in [1.807, 2.05) is 25.2 Å². The van der Waals surface area contributed by atoms with E-state index in [0.717, 1.165) is 6.42 Å². The van der Waals surface area contributed by atoms with Crippen LogP contribution in [-0.4, -0.2) is 38.5 Å². The summed E-state index contributed by atoms with van der Waals surface area (Å²) in [5, 5.41) is 3.73. The Bertz CT molecular complexity index is 460. The van der Waals surface area contributed by atoms with Crippen LogP contribution in [0.25, 0.3) is 0 Å². The molecular weight excluding hydrogens is 278 g/mol. The highest BCUT2D eigenvalue weighted by Gasteiger charge is 2.20. The maximum absolute atomic E-state index is 11.2. The summed E-state index contributed by atoms with van der Waals surface area (Å²) < 4.78 is 22.4. The fraction of sp³-hybridized carbons (Fsp3) is 0.571. The fourth-order valence-corrected chi connectivity index (χ4v) is 4.65. The van der Waals surface area contributed by atoms with E-state index in [2.05, 4.69) is 24.4 Å². The second-order valence-corrected chi connectivity index (χ2v) is 8.23. The third-order valence-corrected chi connectivity index (χ3v) is 5.71. The molecule has 0 fully saturated rings. The molecule has 3 nitrogen and oxygen atoms in total. The lowest BCUT2D eigenvalue weighted by Crippen LogP contribution is -2.27. The second-order valence-electron chi connectivity index (χ2n) is 4.62. The molecule has 0 spiro atoms. The molecule has 0 heterocycles. The summed E-state index contributed by atoms with van der Waals surface area (Å²) in [5.41, 5.74) is 1.25. The maximum Gasteiger partial charge on any atom is 0.148 e. The Kier molecular flexibility index (Phi) is 6.89. The standard InChI is InChI=1S/C14H23NO2S2/c1-4-13(18-10-11-19(3,16)17)14(15-2)12-8-6-5-7-9-12/h5-9,13-15H,4,10-11H2,1-3H3. The van der Waals surface area contributed by atoms with Gasteiger partial charge in [-0.1, -0.05) is 37.3 Å². The zero-order valence-corrected chi connectivity index (χ0v) is 13.4. The van der Waals surface area contributed by atoms with Gasteiger partial charge in [0.15, 0.2) is 0 Å². The summed E-state index contributed by atoms with van der Waals surface area (Å²) in [6.07, 6.45) is 2.30. The highest BCUT2D eigenvalue weighted by molar-refractivity contribution is 8.01. The average Bonchev–Trinajstić information content (AvgIpc) is 2.37. The molecule has 0 saturated heterocycles. The molecule has 108 valence electrons. The summed E-state index contributed by atoms with van der Waals surface area (Å²) in [4.78, 5) is 0. The van der Waals surface area contributed by atoms with Crippen LogP contribution in [0.1, 0.15) is 24.9 Å². The summed E-state index contributed by atoms with van der Waals surface area (Å²) >= 11 is 1.73. The van der Waals surface area contributed by atoms with E-state index < -0.39 is 9.84 Å². The summed E-state index contributed by atoms with van der Waals surface area (Å²) in [6, 6.07) is 10.6. The van der Waals surface area contributed by atoms with Gasteiger partial charge in [0, 0.05) is 23.3 Å². The van der Waals surface area contributed by atoms with Crippen molar-refractivity contribution >= 4 is 21.6 Å². The monoisotopic (exact) mass is 301 g/mol. The van der Waals surface area contributed by atoms with Crippen molar-refractivity contribution < 1.29 is 8.42 Å². The molecule has 1 aromatic carbocycles. The van der Waals surface area contributed by atoms with E-state index in [9.17, 15) is 8.42 Å². The first-order chi connectivity index (χ1) is 8.98. The fourth-order valence-electron chi connectivity index (χ4n) is 2.03. The van der Waals surface area contributed by atoms with Crippen LogP contribution in [0, 0.1) is 0 Å². The third kappa shape index (κ3) is 5.97. The highest BCUT2D eigenvalue weighted by Crippen LogP contribution is 2.28. The first-order valence-electron chi connectivity index (χ1n) is 6.49. The van der Waals surface area contributed by atoms with Gasteiger partial charge in [-0.25, -0.2) is 8.42 Å². The number of benzene rings is 1. The van der Waals surface area contributed by atoms with Crippen LogP contribution < -0.4 is 5.32 Å². The van der Waals surface area contributed by atoms with Crippen molar-refractivity contribution in [3.8, 4) is 0 Å². The minimum atomic E-state index is -2.87. The van der Waals surface area contributed by atoms with Gasteiger partial charge in [0.2, 0.25) is 0 Å². The Labute approximate surface area is 121 Å². The third-order valence-electron chi connectivity index (χ3n) is 3.03. The first kappa shape index (κ1) is 16.5. The van der Waals surface area contributed by atoms with Crippen LogP contribution in [-0.2, 0) is 9.84 Å². The molecule has 0 saturated carbocycles. The van der Waals surface area contributed by atoms with Gasteiger partial charge in [-0.15, -0.1) is 0 Å².